The molecule has 2 aromatic rings. The maximum Gasteiger partial charge on any atom is 0.254 e. The van der Waals surface area contributed by atoms with Crippen LogP contribution >= 0.6 is 0 Å². The highest BCUT2D eigenvalue weighted by Gasteiger charge is 2.44. The molecule has 2 aliphatic heterocycles. The normalized spacial score (nSPS) is 24.1. The first-order chi connectivity index (χ1) is 12.2. The zero-order valence-corrected chi connectivity index (χ0v) is 14.3. The molecule has 0 N–H and O–H groups in total. The van der Waals surface area contributed by atoms with Crippen molar-refractivity contribution in [2.45, 2.75) is 50.1 Å². The van der Waals surface area contributed by atoms with Crippen LogP contribution in [-0.2, 0) is 6.42 Å². The number of nitrogens with zero attached hydrogens (tertiary/aromatic N) is 3. The van der Waals surface area contributed by atoms with E-state index < -0.39 is 0 Å². The Morgan fingerprint density at radius 3 is 2.92 bits per heavy atom. The molecule has 1 amide bonds. The van der Waals surface area contributed by atoms with Gasteiger partial charge in [0, 0.05) is 35.7 Å². The Hall–Kier alpha value is -2.43. The molecule has 3 aliphatic rings. The van der Waals surface area contributed by atoms with Crippen LogP contribution in [0.15, 0.2) is 30.5 Å². The lowest BCUT2D eigenvalue weighted by Crippen LogP contribution is -2.42. The zero-order chi connectivity index (χ0) is 17.0. The fraction of sp³-hybridized carbons (Fsp3) is 0.450. The van der Waals surface area contributed by atoms with Crippen LogP contribution in [0.3, 0.4) is 0 Å². The number of ether oxygens (including phenoxy) is 1. The van der Waals surface area contributed by atoms with Crippen LogP contribution in [0.1, 0.15) is 65.1 Å². The molecule has 2 fully saturated rings. The van der Waals surface area contributed by atoms with E-state index in [9.17, 15) is 4.79 Å². The van der Waals surface area contributed by atoms with Gasteiger partial charge in [0.1, 0.15) is 11.6 Å². The number of hydrogen-bond donors (Lipinski definition) is 0. The summed E-state index contributed by atoms with van der Waals surface area (Å²) in [5, 5.41) is 0. The fourth-order valence-electron chi connectivity index (χ4n) is 4.25. The number of fused-ring (bicyclic) bond motifs is 4. The molecule has 2 atom stereocenters. The Morgan fingerprint density at radius 2 is 2.12 bits per heavy atom. The van der Waals surface area contributed by atoms with Gasteiger partial charge in [-0.15, -0.1) is 0 Å². The molecule has 2 bridgehead atoms. The highest BCUT2D eigenvalue weighted by atomic mass is 16.5. The van der Waals surface area contributed by atoms with Crippen LogP contribution in [-0.4, -0.2) is 33.9 Å². The van der Waals surface area contributed by atoms with Gasteiger partial charge in [0.05, 0.1) is 18.8 Å². The Morgan fingerprint density at radius 1 is 1.24 bits per heavy atom. The largest absolute Gasteiger partial charge is 0.497 e. The lowest BCUT2D eigenvalue weighted by atomic mass is 9.98. The second kappa shape index (κ2) is 5.55. The lowest BCUT2D eigenvalue weighted by molar-refractivity contribution is 0.0643. The monoisotopic (exact) mass is 335 g/mol. The summed E-state index contributed by atoms with van der Waals surface area (Å²) in [5.74, 6) is 2.38. The Bertz CT molecular complexity index is 847. The lowest BCUT2D eigenvalue weighted by Gasteiger charge is -2.35. The predicted octanol–water partition coefficient (Wildman–Crippen LogP) is 3.26. The van der Waals surface area contributed by atoms with E-state index in [2.05, 4.69) is 9.88 Å². The summed E-state index contributed by atoms with van der Waals surface area (Å²) in [4.78, 5) is 24.6. The van der Waals surface area contributed by atoms with Gasteiger partial charge in [-0.2, -0.15) is 0 Å². The van der Waals surface area contributed by atoms with Crippen LogP contribution in [0.2, 0.25) is 0 Å². The van der Waals surface area contributed by atoms with Crippen LogP contribution in [0.4, 0.5) is 0 Å². The molecule has 25 heavy (non-hydrogen) atoms. The van der Waals surface area contributed by atoms with Crippen molar-refractivity contribution in [3.05, 3.63) is 53.1 Å². The molecule has 1 aromatic carbocycles. The van der Waals surface area contributed by atoms with E-state index >= 15 is 0 Å². The molecule has 5 rings (SSSR count). The maximum absolute atomic E-state index is 13.2. The van der Waals surface area contributed by atoms with Gasteiger partial charge in [-0.05, 0) is 43.9 Å². The zero-order valence-electron chi connectivity index (χ0n) is 14.3. The summed E-state index contributed by atoms with van der Waals surface area (Å²) in [6.07, 6.45) is 7.30. The number of benzene rings is 1. The minimum atomic E-state index is 0.0864. The number of amides is 1. The average Bonchev–Trinajstić information content (AvgIpc) is 3.45. The smallest absolute Gasteiger partial charge is 0.254 e. The van der Waals surface area contributed by atoms with E-state index in [0.717, 1.165) is 30.7 Å². The molecule has 128 valence electrons. The van der Waals surface area contributed by atoms with E-state index in [1.807, 2.05) is 30.5 Å². The highest BCUT2D eigenvalue weighted by Crippen LogP contribution is 2.45. The molecule has 5 heteroatoms. The molecule has 0 spiro atoms. The molecule has 2 unspecified atom stereocenters. The van der Waals surface area contributed by atoms with Gasteiger partial charge >= 0.3 is 0 Å². The molecule has 0 radical (unpaired) electrons. The van der Waals surface area contributed by atoms with E-state index in [-0.39, 0.29) is 18.0 Å². The topological polar surface area (TPSA) is 55.3 Å². The third-order valence-electron chi connectivity index (χ3n) is 5.70. The van der Waals surface area contributed by atoms with Crippen LogP contribution in [0.25, 0.3) is 0 Å². The quantitative estimate of drug-likeness (QED) is 0.864. The van der Waals surface area contributed by atoms with Gasteiger partial charge < -0.3 is 9.64 Å². The van der Waals surface area contributed by atoms with E-state index in [0.29, 0.717) is 17.2 Å². The fourth-order valence-corrected chi connectivity index (χ4v) is 4.25. The van der Waals surface area contributed by atoms with Crippen molar-refractivity contribution >= 4 is 5.91 Å². The molecular weight excluding hydrogens is 314 g/mol. The third-order valence-corrected chi connectivity index (χ3v) is 5.70. The maximum atomic E-state index is 13.2. The minimum Gasteiger partial charge on any atom is -0.497 e. The summed E-state index contributed by atoms with van der Waals surface area (Å²) < 4.78 is 5.27. The second-order valence-electron chi connectivity index (χ2n) is 7.30. The first-order valence-electron chi connectivity index (χ1n) is 9.07. The third kappa shape index (κ3) is 2.41. The first kappa shape index (κ1) is 14.9. The van der Waals surface area contributed by atoms with Gasteiger partial charge in [0.15, 0.2) is 0 Å². The van der Waals surface area contributed by atoms with Crippen molar-refractivity contribution < 1.29 is 9.53 Å². The Kier molecular flexibility index (Phi) is 3.30. The van der Waals surface area contributed by atoms with E-state index in [4.69, 9.17) is 9.72 Å². The average molecular weight is 335 g/mol. The molecule has 3 heterocycles. The van der Waals surface area contributed by atoms with Gasteiger partial charge in [-0.25, -0.2) is 9.97 Å². The number of methoxy groups -OCH3 is 1. The van der Waals surface area contributed by atoms with Crippen molar-refractivity contribution in [3.8, 4) is 5.75 Å². The van der Waals surface area contributed by atoms with Crippen molar-refractivity contribution in [2.75, 3.05) is 7.11 Å². The molecule has 5 nitrogen and oxygen atoms in total. The van der Waals surface area contributed by atoms with Gasteiger partial charge in [0.25, 0.3) is 5.91 Å². The summed E-state index contributed by atoms with van der Waals surface area (Å²) >= 11 is 0. The number of aromatic nitrogens is 2. The van der Waals surface area contributed by atoms with Gasteiger partial charge in [-0.3, -0.25) is 4.79 Å². The van der Waals surface area contributed by atoms with E-state index in [1.54, 1.807) is 7.11 Å². The Labute approximate surface area is 147 Å². The summed E-state index contributed by atoms with van der Waals surface area (Å²) in [6, 6.07) is 7.79. The number of rotatable bonds is 3. The molecule has 1 aliphatic carbocycles. The van der Waals surface area contributed by atoms with Crippen LogP contribution in [0, 0.1) is 0 Å². The number of carbonyl (C=O) groups is 1. The van der Waals surface area contributed by atoms with Crippen molar-refractivity contribution in [1.82, 2.24) is 14.9 Å². The van der Waals surface area contributed by atoms with Crippen molar-refractivity contribution in [2.24, 2.45) is 0 Å². The Balaban J connectivity index is 1.48. The second-order valence-corrected chi connectivity index (χ2v) is 7.30. The highest BCUT2D eigenvalue weighted by molar-refractivity contribution is 5.95. The summed E-state index contributed by atoms with van der Waals surface area (Å²) in [6.45, 7) is 0. The predicted molar refractivity (Wildman–Crippen MR) is 92.6 cm³/mol. The van der Waals surface area contributed by atoms with Crippen LogP contribution < -0.4 is 4.74 Å². The number of carbonyl (C=O) groups excluding carboxylic acids is 1. The van der Waals surface area contributed by atoms with Crippen LogP contribution in [0.5, 0.6) is 5.75 Å². The standard InChI is InChI=1S/C20H21N3O2/c1-25-15-4-2-3-13(9-15)20(24)23-14-7-8-18(23)16-11-21-19(12-5-6-12)22-17(16)10-14/h2-4,9,11-12,14,18H,5-8,10H2,1H3. The van der Waals surface area contributed by atoms with E-state index in [1.165, 1.54) is 18.5 Å². The van der Waals surface area contributed by atoms with Crippen molar-refractivity contribution in [1.29, 1.82) is 0 Å². The molecular formula is C20H21N3O2. The van der Waals surface area contributed by atoms with Crippen molar-refractivity contribution in [3.63, 3.8) is 0 Å². The molecule has 1 saturated heterocycles. The molecule has 1 saturated carbocycles. The van der Waals surface area contributed by atoms with Gasteiger partial charge in [-0.1, -0.05) is 6.07 Å². The summed E-state index contributed by atoms with van der Waals surface area (Å²) in [7, 11) is 1.62. The molecule has 1 aromatic heterocycles. The number of hydrogen-bond acceptors (Lipinski definition) is 4. The SMILES string of the molecule is COc1cccc(C(=O)N2C3CCC2c2cnc(C4CC4)nc2C3)c1. The minimum absolute atomic E-state index is 0.0864. The summed E-state index contributed by atoms with van der Waals surface area (Å²) in [5.41, 5.74) is 3.00. The first-order valence-corrected chi connectivity index (χ1v) is 9.07. The van der Waals surface area contributed by atoms with Gasteiger partial charge in [0.2, 0.25) is 0 Å².